The quantitative estimate of drug-likeness (QED) is 0.381. The highest BCUT2D eigenvalue weighted by molar-refractivity contribution is 5.91. The first-order chi connectivity index (χ1) is 17.1. The Morgan fingerprint density at radius 2 is 1.53 bits per heavy atom. The molecule has 0 aliphatic carbocycles. The Morgan fingerprint density at radius 3 is 2.08 bits per heavy atom. The van der Waals surface area contributed by atoms with E-state index in [2.05, 4.69) is 5.32 Å². The number of carbonyl (C=O) groups excluding carboxylic acids is 1. The summed E-state index contributed by atoms with van der Waals surface area (Å²) in [5, 5.41) is 2.79. The van der Waals surface area contributed by atoms with E-state index in [0.29, 0.717) is 30.9 Å². The molecule has 8 heteroatoms. The molecule has 36 heavy (non-hydrogen) atoms. The molecular weight excluding hydrogens is 469 g/mol. The molecule has 0 radical (unpaired) electrons. The lowest BCUT2D eigenvalue weighted by molar-refractivity contribution is -0.137. The number of benzene rings is 3. The van der Waals surface area contributed by atoms with Crippen molar-refractivity contribution >= 4 is 11.6 Å². The first-order valence-corrected chi connectivity index (χ1v) is 11.6. The number of hydrogen-bond donors (Lipinski definition) is 1. The highest BCUT2D eigenvalue weighted by Crippen LogP contribution is 2.38. The molecule has 1 amide bonds. The summed E-state index contributed by atoms with van der Waals surface area (Å²) in [6.45, 7) is 2.31. The average molecular weight is 501 g/mol. The number of likely N-dealkylation sites (N-methyl/N-ethyl adjacent to an activating group) is 1. The van der Waals surface area contributed by atoms with Crippen LogP contribution in [-0.4, -0.2) is 33.7 Å². The van der Waals surface area contributed by atoms with Crippen molar-refractivity contribution in [3.05, 3.63) is 89.5 Å². The zero-order chi connectivity index (χ0) is 26.3. The monoisotopic (exact) mass is 500 g/mol. The van der Waals surface area contributed by atoms with E-state index in [-0.39, 0.29) is 5.91 Å². The van der Waals surface area contributed by atoms with E-state index in [1.165, 1.54) is 12.1 Å². The Bertz CT molecular complexity index is 1150. The second-order valence-corrected chi connectivity index (χ2v) is 8.51. The minimum atomic E-state index is -4.37. The maximum atomic E-state index is 13.4. The molecule has 3 rings (SSSR count). The van der Waals surface area contributed by atoms with Gasteiger partial charge in [0.25, 0.3) is 0 Å². The number of alkyl halides is 3. The second-order valence-electron chi connectivity index (χ2n) is 8.51. The molecule has 0 bridgehead atoms. The third-order valence-electron chi connectivity index (χ3n) is 6.35. The van der Waals surface area contributed by atoms with Gasteiger partial charge in [0.15, 0.2) is 11.5 Å². The summed E-state index contributed by atoms with van der Waals surface area (Å²) >= 11 is 0. The van der Waals surface area contributed by atoms with E-state index in [4.69, 9.17) is 9.47 Å². The molecule has 0 aromatic heterocycles. The van der Waals surface area contributed by atoms with Crippen LogP contribution >= 0.6 is 0 Å². The molecule has 5 nitrogen and oxygen atoms in total. The molecule has 1 unspecified atom stereocenters. The first-order valence-electron chi connectivity index (χ1n) is 11.6. The average Bonchev–Trinajstić information content (AvgIpc) is 2.90. The smallest absolute Gasteiger partial charge is 0.416 e. The van der Waals surface area contributed by atoms with Gasteiger partial charge in [-0.2, -0.15) is 13.2 Å². The van der Waals surface area contributed by atoms with Crippen LogP contribution in [0.15, 0.2) is 72.8 Å². The Balaban J connectivity index is 1.98. The summed E-state index contributed by atoms with van der Waals surface area (Å²) in [5.41, 5.74) is 0.588. The van der Waals surface area contributed by atoms with Crippen LogP contribution in [0.4, 0.5) is 18.9 Å². The third-order valence-corrected chi connectivity index (χ3v) is 6.35. The Hall–Kier alpha value is -3.68. The molecule has 1 N–H and O–H groups in total. The summed E-state index contributed by atoms with van der Waals surface area (Å²) < 4.78 is 49.6. The van der Waals surface area contributed by atoms with Gasteiger partial charge >= 0.3 is 6.18 Å². The van der Waals surface area contributed by atoms with E-state index < -0.39 is 17.3 Å². The number of nitrogens with one attached hydrogen (secondary N) is 1. The summed E-state index contributed by atoms with van der Waals surface area (Å²) in [7, 11) is 4.70. The van der Waals surface area contributed by atoms with Crippen LogP contribution in [0.5, 0.6) is 11.5 Å². The van der Waals surface area contributed by atoms with E-state index in [1.54, 1.807) is 27.3 Å². The van der Waals surface area contributed by atoms with E-state index in [1.807, 2.05) is 54.3 Å². The maximum Gasteiger partial charge on any atom is 0.416 e. The molecule has 0 fully saturated rings. The van der Waals surface area contributed by atoms with Gasteiger partial charge in [-0.25, -0.2) is 0 Å². The van der Waals surface area contributed by atoms with Gasteiger partial charge in [-0.3, -0.25) is 4.79 Å². The molecule has 0 aliphatic rings. The lowest BCUT2D eigenvalue weighted by Crippen LogP contribution is -2.54. The molecule has 0 aliphatic heterocycles. The minimum Gasteiger partial charge on any atom is -0.493 e. The maximum absolute atomic E-state index is 13.4. The number of nitrogens with zero attached hydrogens (tertiary/aromatic N) is 1. The molecular formula is C28H31F3N2O3. The fraction of sp³-hybridized carbons (Fsp3) is 0.321. The Labute approximate surface area is 209 Å². The number of carbonyl (C=O) groups is 1. The van der Waals surface area contributed by atoms with Crippen LogP contribution in [0.2, 0.25) is 0 Å². The van der Waals surface area contributed by atoms with Crippen molar-refractivity contribution in [2.45, 2.75) is 31.5 Å². The van der Waals surface area contributed by atoms with Gasteiger partial charge < -0.3 is 19.7 Å². The fourth-order valence-corrected chi connectivity index (χ4v) is 4.32. The predicted molar refractivity (Wildman–Crippen MR) is 135 cm³/mol. The van der Waals surface area contributed by atoms with Gasteiger partial charge in [-0.15, -0.1) is 0 Å². The van der Waals surface area contributed by atoms with Gasteiger partial charge in [0.1, 0.15) is 5.54 Å². The van der Waals surface area contributed by atoms with E-state index >= 15 is 0 Å². The molecule has 0 saturated heterocycles. The first kappa shape index (κ1) is 26.9. The Morgan fingerprint density at radius 1 is 0.889 bits per heavy atom. The lowest BCUT2D eigenvalue weighted by Gasteiger charge is -2.42. The van der Waals surface area contributed by atoms with E-state index in [9.17, 15) is 18.0 Å². The van der Waals surface area contributed by atoms with Crippen LogP contribution in [-0.2, 0) is 22.9 Å². The van der Waals surface area contributed by atoms with Gasteiger partial charge in [-0.1, -0.05) is 42.5 Å². The van der Waals surface area contributed by atoms with E-state index in [0.717, 1.165) is 28.9 Å². The zero-order valence-corrected chi connectivity index (χ0v) is 20.9. The predicted octanol–water partition coefficient (Wildman–Crippen LogP) is 5.82. The van der Waals surface area contributed by atoms with Crippen LogP contribution in [0, 0.1) is 0 Å². The second kappa shape index (κ2) is 11.4. The van der Waals surface area contributed by atoms with Crippen molar-refractivity contribution in [1.82, 2.24) is 5.32 Å². The Kier molecular flexibility index (Phi) is 8.50. The molecule has 0 spiro atoms. The van der Waals surface area contributed by atoms with Crippen LogP contribution in [0.25, 0.3) is 0 Å². The summed E-state index contributed by atoms with van der Waals surface area (Å²) in [4.78, 5) is 15.4. The SMILES string of the molecule is CNC(=O)C(C)(c1ccccc1)N(CCCc1ccc(C(F)(F)F)cc1)c1ccc(OC)c(OC)c1. The number of hydrogen-bond acceptors (Lipinski definition) is 4. The van der Waals surface area contributed by atoms with Crippen LogP contribution in [0.1, 0.15) is 30.0 Å². The topological polar surface area (TPSA) is 50.8 Å². The van der Waals surface area contributed by atoms with Crippen molar-refractivity contribution in [3.63, 3.8) is 0 Å². The number of halogens is 3. The summed E-state index contributed by atoms with van der Waals surface area (Å²) in [5.74, 6) is 0.889. The number of amides is 1. The van der Waals surface area contributed by atoms with Crippen LogP contribution < -0.4 is 19.7 Å². The lowest BCUT2D eigenvalue weighted by atomic mass is 9.87. The van der Waals surface area contributed by atoms with Crippen molar-refractivity contribution in [3.8, 4) is 11.5 Å². The van der Waals surface area contributed by atoms with Crippen molar-refractivity contribution in [2.24, 2.45) is 0 Å². The van der Waals surface area contributed by atoms with Crippen LogP contribution in [0.3, 0.4) is 0 Å². The minimum absolute atomic E-state index is 0.196. The number of ether oxygens (including phenoxy) is 2. The highest BCUT2D eigenvalue weighted by atomic mass is 19.4. The van der Waals surface area contributed by atoms with Gasteiger partial charge in [0.05, 0.1) is 19.8 Å². The number of methoxy groups -OCH3 is 2. The summed E-state index contributed by atoms with van der Waals surface area (Å²) in [6, 6.07) is 20.1. The number of rotatable bonds is 10. The number of anilines is 1. The third kappa shape index (κ3) is 5.75. The molecule has 0 heterocycles. The molecule has 0 saturated carbocycles. The normalized spacial score (nSPS) is 13.0. The van der Waals surface area contributed by atoms with Crippen molar-refractivity contribution in [2.75, 3.05) is 32.7 Å². The number of aryl methyl sites for hydroxylation is 1. The fourth-order valence-electron chi connectivity index (χ4n) is 4.32. The van der Waals surface area contributed by atoms with Gasteiger partial charge in [-0.05, 0) is 55.2 Å². The van der Waals surface area contributed by atoms with Gasteiger partial charge in [0, 0.05) is 25.3 Å². The zero-order valence-electron chi connectivity index (χ0n) is 20.9. The van der Waals surface area contributed by atoms with Crippen molar-refractivity contribution < 1.29 is 27.4 Å². The molecule has 1 atom stereocenters. The highest BCUT2D eigenvalue weighted by Gasteiger charge is 2.41. The largest absolute Gasteiger partial charge is 0.493 e. The standard InChI is InChI=1S/C28H31F3N2O3/c1-27(26(34)32-2,21-10-6-5-7-11-21)33(23-16-17-24(35-3)25(19-23)36-4)18-8-9-20-12-14-22(15-13-20)28(29,30)31/h5-7,10-17,19H,8-9,18H2,1-4H3,(H,32,34). The van der Waals surface area contributed by atoms with Crippen molar-refractivity contribution in [1.29, 1.82) is 0 Å². The molecule has 3 aromatic carbocycles. The van der Waals surface area contributed by atoms with Gasteiger partial charge in [0.2, 0.25) is 5.91 Å². The molecule has 3 aromatic rings. The molecule has 192 valence electrons. The summed E-state index contributed by atoms with van der Waals surface area (Å²) in [6.07, 6.45) is -3.23.